The molecular weight excluding hydrogens is 236 g/mol. The molecule has 2 N–H and O–H groups in total. The molecule has 0 amide bonds. The van der Waals surface area contributed by atoms with Crippen LogP contribution in [0.1, 0.15) is 5.56 Å². The van der Waals surface area contributed by atoms with Gasteiger partial charge in [-0.3, -0.25) is 4.99 Å². The normalized spacial score (nSPS) is 14.5. The summed E-state index contributed by atoms with van der Waals surface area (Å²) >= 11 is 1.42. The molecule has 0 aromatic carbocycles. The Hall–Kier alpha value is -1.95. The number of hydrogen-bond acceptors (Lipinski definition) is 6. The largest absolute Gasteiger partial charge is 0.506 e. The zero-order valence-corrected chi connectivity index (χ0v) is 9.74. The maximum atomic E-state index is 9.89. The van der Waals surface area contributed by atoms with Crippen molar-refractivity contribution < 1.29 is 5.11 Å². The van der Waals surface area contributed by atoms with Crippen molar-refractivity contribution in [2.24, 2.45) is 4.99 Å². The maximum Gasteiger partial charge on any atom is 0.170 e. The highest BCUT2D eigenvalue weighted by Crippen LogP contribution is 2.35. The summed E-state index contributed by atoms with van der Waals surface area (Å²) in [5.74, 6) is 1.57. The van der Waals surface area contributed by atoms with E-state index in [4.69, 9.17) is 0 Å². The molecule has 0 unspecified atom stereocenters. The van der Waals surface area contributed by atoms with E-state index in [2.05, 4.69) is 20.3 Å². The number of hydrogen-bond donors (Lipinski definition) is 2. The highest BCUT2D eigenvalue weighted by atomic mass is 32.1. The molecule has 0 fully saturated rings. The van der Waals surface area contributed by atoms with Crippen LogP contribution >= 0.6 is 11.3 Å². The minimum Gasteiger partial charge on any atom is -0.506 e. The van der Waals surface area contributed by atoms with Gasteiger partial charge in [0.05, 0.1) is 17.0 Å². The fraction of sp³-hybridized carbons (Fsp3) is 0.182. The second-order valence-corrected chi connectivity index (χ2v) is 4.43. The van der Waals surface area contributed by atoms with Gasteiger partial charge in [0.1, 0.15) is 11.6 Å². The molecule has 86 valence electrons. The molecular formula is C11H10N4OS. The van der Waals surface area contributed by atoms with Crippen molar-refractivity contribution in [3.63, 3.8) is 0 Å². The molecule has 1 aliphatic heterocycles. The summed E-state index contributed by atoms with van der Waals surface area (Å²) in [5.41, 5.74) is 0.707. The lowest BCUT2D eigenvalue weighted by molar-refractivity contribution is 0.476. The number of nitrogens with one attached hydrogen (secondary N) is 1. The summed E-state index contributed by atoms with van der Waals surface area (Å²) in [6, 6.07) is 1.77. The smallest absolute Gasteiger partial charge is 0.170 e. The van der Waals surface area contributed by atoms with E-state index in [9.17, 15) is 5.11 Å². The highest BCUT2D eigenvalue weighted by molar-refractivity contribution is 7.14. The number of aliphatic imine (C=N–C) groups is 1. The predicted molar refractivity (Wildman–Crippen MR) is 66.4 cm³/mol. The highest BCUT2D eigenvalue weighted by Gasteiger charge is 2.21. The molecule has 17 heavy (non-hydrogen) atoms. The Balaban J connectivity index is 2.12. The first-order chi connectivity index (χ1) is 8.36. The third kappa shape index (κ3) is 1.76. The van der Waals surface area contributed by atoms with Gasteiger partial charge in [0.25, 0.3) is 0 Å². The number of thiophene rings is 1. The van der Waals surface area contributed by atoms with E-state index in [1.807, 2.05) is 0 Å². The predicted octanol–water partition coefficient (Wildman–Crippen LogP) is 1.26. The minimum atomic E-state index is 0.227. The molecule has 1 aliphatic rings. The quantitative estimate of drug-likeness (QED) is 0.837. The second kappa shape index (κ2) is 4.14. The van der Waals surface area contributed by atoms with Crippen LogP contribution in [0.3, 0.4) is 0 Å². The van der Waals surface area contributed by atoms with Gasteiger partial charge in [-0.25, -0.2) is 9.97 Å². The molecule has 0 atom stereocenters. The van der Waals surface area contributed by atoms with Crippen LogP contribution in [0.4, 0.5) is 0 Å². The van der Waals surface area contributed by atoms with Gasteiger partial charge in [-0.05, 0) is 6.07 Å². The van der Waals surface area contributed by atoms with Gasteiger partial charge in [0.15, 0.2) is 5.82 Å². The number of aromatic hydroxyl groups is 1. The van der Waals surface area contributed by atoms with Crippen molar-refractivity contribution in [1.29, 1.82) is 0 Å². The molecule has 6 heteroatoms. The third-order valence-corrected chi connectivity index (χ3v) is 3.41. The fourth-order valence-corrected chi connectivity index (χ4v) is 2.60. The molecule has 2 aromatic rings. The molecule has 3 rings (SSSR count). The van der Waals surface area contributed by atoms with Crippen LogP contribution in [0.25, 0.3) is 10.7 Å². The van der Waals surface area contributed by atoms with Crippen molar-refractivity contribution in [2.75, 3.05) is 13.1 Å². The second-order valence-electron chi connectivity index (χ2n) is 3.55. The van der Waals surface area contributed by atoms with Crippen LogP contribution in [0.5, 0.6) is 5.75 Å². The van der Waals surface area contributed by atoms with E-state index in [1.54, 1.807) is 23.8 Å². The van der Waals surface area contributed by atoms with Crippen molar-refractivity contribution in [1.82, 2.24) is 15.3 Å². The van der Waals surface area contributed by atoms with Crippen molar-refractivity contribution in [3.8, 4) is 16.5 Å². The zero-order valence-electron chi connectivity index (χ0n) is 8.92. The lowest BCUT2D eigenvalue weighted by atomic mass is 10.2. The first-order valence-corrected chi connectivity index (χ1v) is 6.11. The van der Waals surface area contributed by atoms with Gasteiger partial charge < -0.3 is 10.4 Å². The molecule has 5 nitrogen and oxygen atoms in total. The Kier molecular flexibility index (Phi) is 2.49. The van der Waals surface area contributed by atoms with E-state index in [0.717, 1.165) is 23.8 Å². The minimum absolute atomic E-state index is 0.227. The van der Waals surface area contributed by atoms with Gasteiger partial charge >= 0.3 is 0 Å². The molecule has 0 spiro atoms. The van der Waals surface area contributed by atoms with Crippen LogP contribution in [0.2, 0.25) is 0 Å². The monoisotopic (exact) mass is 246 g/mol. The first kappa shape index (κ1) is 10.2. The molecule has 0 radical (unpaired) electrons. The van der Waals surface area contributed by atoms with E-state index in [0.29, 0.717) is 11.4 Å². The summed E-state index contributed by atoms with van der Waals surface area (Å²) in [5, 5.41) is 14.7. The summed E-state index contributed by atoms with van der Waals surface area (Å²) < 4.78 is 0. The van der Waals surface area contributed by atoms with Crippen LogP contribution in [0, 0.1) is 0 Å². The van der Waals surface area contributed by atoms with Crippen LogP contribution in [-0.4, -0.2) is 34.0 Å². The molecule has 0 aliphatic carbocycles. The molecule has 0 saturated heterocycles. The van der Waals surface area contributed by atoms with E-state index in [1.165, 1.54) is 11.3 Å². The topological polar surface area (TPSA) is 70.4 Å². The molecule has 0 bridgehead atoms. The maximum absolute atomic E-state index is 9.89. The lowest BCUT2D eigenvalue weighted by Crippen LogP contribution is -2.19. The number of amidine groups is 1. The summed E-state index contributed by atoms with van der Waals surface area (Å²) in [7, 11) is 0. The number of rotatable bonds is 2. The molecule has 0 saturated carbocycles. The van der Waals surface area contributed by atoms with Crippen LogP contribution in [0.15, 0.2) is 28.8 Å². The number of aromatic nitrogens is 2. The standard InChI is InChI=1S/C11H10N4OS/c16-7-6-17-9(11-12-2-1-3-13-11)8(7)10-14-4-5-15-10/h1-3,6,16H,4-5H2,(H,14,15). The van der Waals surface area contributed by atoms with Gasteiger partial charge in [-0.2, -0.15) is 0 Å². The van der Waals surface area contributed by atoms with Crippen molar-refractivity contribution in [3.05, 3.63) is 29.4 Å². The fourth-order valence-electron chi connectivity index (χ4n) is 1.72. The van der Waals surface area contributed by atoms with Crippen LogP contribution < -0.4 is 5.32 Å². The Morgan fingerprint density at radius 3 is 2.82 bits per heavy atom. The van der Waals surface area contributed by atoms with E-state index in [-0.39, 0.29) is 5.75 Å². The first-order valence-electron chi connectivity index (χ1n) is 5.23. The van der Waals surface area contributed by atoms with E-state index < -0.39 is 0 Å². The average Bonchev–Trinajstić information content (AvgIpc) is 2.99. The Bertz CT molecular complexity index is 564. The summed E-state index contributed by atoms with van der Waals surface area (Å²) in [6.07, 6.45) is 3.37. The average molecular weight is 246 g/mol. The lowest BCUT2D eigenvalue weighted by Gasteiger charge is -2.04. The summed E-state index contributed by atoms with van der Waals surface area (Å²) in [6.45, 7) is 1.54. The van der Waals surface area contributed by atoms with E-state index >= 15 is 0 Å². The third-order valence-electron chi connectivity index (χ3n) is 2.45. The number of nitrogens with zero attached hydrogens (tertiary/aromatic N) is 3. The Morgan fingerprint density at radius 1 is 1.29 bits per heavy atom. The molecule has 3 heterocycles. The van der Waals surface area contributed by atoms with Gasteiger partial charge in [0.2, 0.25) is 0 Å². The SMILES string of the molecule is Oc1csc(-c2ncccn2)c1C1=NCCN1. The van der Waals surface area contributed by atoms with Gasteiger partial charge in [0, 0.05) is 24.3 Å². The van der Waals surface area contributed by atoms with Crippen LogP contribution in [-0.2, 0) is 0 Å². The van der Waals surface area contributed by atoms with Crippen molar-refractivity contribution in [2.45, 2.75) is 0 Å². The van der Waals surface area contributed by atoms with Crippen molar-refractivity contribution >= 4 is 17.2 Å². The Morgan fingerprint density at radius 2 is 2.12 bits per heavy atom. The summed E-state index contributed by atoms with van der Waals surface area (Å²) in [4.78, 5) is 13.6. The van der Waals surface area contributed by atoms with Gasteiger partial charge in [-0.1, -0.05) is 0 Å². The Labute approximate surface area is 102 Å². The van der Waals surface area contributed by atoms with Gasteiger partial charge in [-0.15, -0.1) is 11.3 Å². The molecule has 2 aromatic heterocycles. The zero-order chi connectivity index (χ0) is 11.7.